The molecule has 2 heterocycles. The number of fused-ring (bicyclic) bond motifs is 2. The van der Waals surface area contributed by atoms with Gasteiger partial charge in [0.2, 0.25) is 18.5 Å². The van der Waals surface area contributed by atoms with Crippen molar-refractivity contribution in [3.63, 3.8) is 0 Å². The molecule has 0 spiro atoms. The summed E-state index contributed by atoms with van der Waals surface area (Å²) in [4.78, 5) is 19.6. The topological polar surface area (TPSA) is 73.3 Å². The van der Waals surface area contributed by atoms with Crippen LogP contribution in [0.5, 0.6) is 11.5 Å². The molecule has 10 heteroatoms. The molecular formula is C20H16F3N3O3S. The number of nitrogens with zero attached hydrogens (tertiary/aromatic N) is 2. The standard InChI is InChI=1S/C20H16F3N3O3S/c1-11(12-6-7-15-16(8-12)29-10-28-15)24-17(27)9-30-18-13-4-2-3-5-14(13)25-19(26-18)20(21,22)23/h2-8,11H,9-10H2,1H3,(H,24,27). The fourth-order valence-electron chi connectivity index (χ4n) is 2.97. The van der Waals surface area contributed by atoms with E-state index in [-0.39, 0.29) is 35.0 Å². The Labute approximate surface area is 173 Å². The van der Waals surface area contributed by atoms with E-state index < -0.39 is 12.0 Å². The van der Waals surface area contributed by atoms with Gasteiger partial charge in [-0.3, -0.25) is 4.79 Å². The van der Waals surface area contributed by atoms with Gasteiger partial charge in [0.15, 0.2) is 11.5 Å². The minimum Gasteiger partial charge on any atom is -0.454 e. The van der Waals surface area contributed by atoms with Gasteiger partial charge in [0.1, 0.15) is 5.03 Å². The summed E-state index contributed by atoms with van der Waals surface area (Å²) in [6.45, 7) is 1.96. The molecule has 3 aromatic rings. The van der Waals surface area contributed by atoms with Crippen LogP contribution in [0.3, 0.4) is 0 Å². The smallest absolute Gasteiger partial charge is 0.451 e. The number of thioether (sulfide) groups is 1. The maximum Gasteiger partial charge on any atom is 0.451 e. The zero-order valence-electron chi connectivity index (χ0n) is 15.7. The number of benzene rings is 2. The van der Waals surface area contributed by atoms with E-state index in [1.165, 1.54) is 6.07 Å². The van der Waals surface area contributed by atoms with Crippen LogP contribution in [-0.2, 0) is 11.0 Å². The normalized spacial score (nSPS) is 14.0. The first-order valence-electron chi connectivity index (χ1n) is 8.97. The largest absolute Gasteiger partial charge is 0.454 e. The molecule has 1 aliphatic rings. The van der Waals surface area contributed by atoms with Gasteiger partial charge in [0.25, 0.3) is 0 Å². The van der Waals surface area contributed by atoms with Crippen molar-refractivity contribution in [2.24, 2.45) is 0 Å². The van der Waals surface area contributed by atoms with Crippen LogP contribution in [0.1, 0.15) is 24.4 Å². The molecule has 2 aromatic carbocycles. The van der Waals surface area contributed by atoms with Crippen LogP contribution in [0.25, 0.3) is 10.9 Å². The predicted octanol–water partition coefficient (Wildman–Crippen LogP) is 4.35. The van der Waals surface area contributed by atoms with E-state index in [4.69, 9.17) is 9.47 Å². The number of halogens is 3. The summed E-state index contributed by atoms with van der Waals surface area (Å²) in [5.74, 6) is -0.397. The molecule has 0 saturated heterocycles. The first-order chi connectivity index (χ1) is 14.3. The zero-order chi connectivity index (χ0) is 21.3. The Kier molecular flexibility index (Phi) is 5.42. The van der Waals surface area contributed by atoms with Crippen LogP contribution < -0.4 is 14.8 Å². The molecule has 4 rings (SSSR count). The maximum absolute atomic E-state index is 13.1. The average molecular weight is 435 g/mol. The molecule has 1 unspecified atom stereocenters. The number of ether oxygens (including phenoxy) is 2. The van der Waals surface area contributed by atoms with Gasteiger partial charge >= 0.3 is 6.18 Å². The van der Waals surface area contributed by atoms with E-state index in [1.54, 1.807) is 30.3 Å². The van der Waals surface area contributed by atoms with E-state index in [0.29, 0.717) is 16.9 Å². The highest BCUT2D eigenvalue weighted by Crippen LogP contribution is 2.34. The van der Waals surface area contributed by atoms with Crippen molar-refractivity contribution in [2.75, 3.05) is 12.5 Å². The van der Waals surface area contributed by atoms with Crippen molar-refractivity contribution in [3.05, 3.63) is 53.9 Å². The first-order valence-corrected chi connectivity index (χ1v) is 9.95. The Morgan fingerprint density at radius 3 is 2.73 bits per heavy atom. The molecule has 0 radical (unpaired) electrons. The van der Waals surface area contributed by atoms with Crippen molar-refractivity contribution >= 4 is 28.6 Å². The molecule has 6 nitrogen and oxygen atoms in total. The van der Waals surface area contributed by atoms with Crippen molar-refractivity contribution in [1.82, 2.24) is 15.3 Å². The Morgan fingerprint density at radius 2 is 1.93 bits per heavy atom. The van der Waals surface area contributed by atoms with E-state index in [2.05, 4.69) is 15.3 Å². The number of rotatable bonds is 5. The van der Waals surface area contributed by atoms with Gasteiger partial charge in [0, 0.05) is 5.39 Å². The number of aromatic nitrogens is 2. The van der Waals surface area contributed by atoms with Crippen molar-refractivity contribution in [1.29, 1.82) is 0 Å². The molecule has 30 heavy (non-hydrogen) atoms. The lowest BCUT2D eigenvalue weighted by atomic mass is 10.1. The molecule has 0 fully saturated rings. The summed E-state index contributed by atoms with van der Waals surface area (Å²) in [5, 5.41) is 3.40. The van der Waals surface area contributed by atoms with Gasteiger partial charge < -0.3 is 14.8 Å². The summed E-state index contributed by atoms with van der Waals surface area (Å²) in [5.41, 5.74) is 1.00. The third-order valence-electron chi connectivity index (χ3n) is 4.44. The fourth-order valence-corrected chi connectivity index (χ4v) is 3.80. The lowest BCUT2D eigenvalue weighted by molar-refractivity contribution is -0.145. The fraction of sp³-hybridized carbons (Fsp3) is 0.250. The van der Waals surface area contributed by atoms with Crippen LogP contribution in [0.15, 0.2) is 47.5 Å². The van der Waals surface area contributed by atoms with Crippen molar-refractivity contribution < 1.29 is 27.4 Å². The number of carbonyl (C=O) groups is 1. The van der Waals surface area contributed by atoms with E-state index in [0.717, 1.165) is 17.3 Å². The van der Waals surface area contributed by atoms with Gasteiger partial charge in [-0.2, -0.15) is 13.2 Å². The number of hydrogen-bond acceptors (Lipinski definition) is 6. The van der Waals surface area contributed by atoms with Gasteiger partial charge in [0.05, 0.1) is 17.3 Å². The molecule has 0 bridgehead atoms. The minimum atomic E-state index is -4.67. The molecule has 156 valence electrons. The molecule has 1 amide bonds. The third kappa shape index (κ3) is 4.28. The first kappa shape index (κ1) is 20.3. The monoisotopic (exact) mass is 435 g/mol. The summed E-state index contributed by atoms with van der Waals surface area (Å²) in [7, 11) is 0. The Bertz CT molecular complexity index is 1110. The molecular weight excluding hydrogens is 419 g/mol. The number of hydrogen-bond donors (Lipinski definition) is 1. The van der Waals surface area contributed by atoms with Gasteiger partial charge in [-0.15, -0.1) is 0 Å². The highest BCUT2D eigenvalue weighted by atomic mass is 32.2. The van der Waals surface area contributed by atoms with E-state index in [9.17, 15) is 18.0 Å². The number of para-hydroxylation sites is 1. The third-order valence-corrected chi connectivity index (χ3v) is 5.43. The summed E-state index contributed by atoms with van der Waals surface area (Å²) >= 11 is 0.938. The lowest BCUT2D eigenvalue weighted by Gasteiger charge is -2.15. The summed E-state index contributed by atoms with van der Waals surface area (Å²) < 4.78 is 49.9. The molecule has 1 aromatic heterocycles. The van der Waals surface area contributed by atoms with Crippen LogP contribution in [0, 0.1) is 0 Å². The van der Waals surface area contributed by atoms with Crippen LogP contribution in [-0.4, -0.2) is 28.4 Å². The van der Waals surface area contributed by atoms with Gasteiger partial charge in [-0.25, -0.2) is 9.97 Å². The average Bonchev–Trinajstić information content (AvgIpc) is 3.19. The zero-order valence-corrected chi connectivity index (χ0v) is 16.5. The number of carbonyl (C=O) groups excluding carboxylic acids is 1. The maximum atomic E-state index is 13.1. The van der Waals surface area contributed by atoms with Crippen molar-refractivity contribution in [3.8, 4) is 11.5 Å². The van der Waals surface area contributed by atoms with E-state index >= 15 is 0 Å². The van der Waals surface area contributed by atoms with E-state index in [1.807, 2.05) is 13.0 Å². The van der Waals surface area contributed by atoms with Crippen LogP contribution in [0.4, 0.5) is 13.2 Å². The predicted molar refractivity (Wildman–Crippen MR) is 104 cm³/mol. The molecule has 1 atom stereocenters. The summed E-state index contributed by atoms with van der Waals surface area (Å²) in [6, 6.07) is 11.5. The highest BCUT2D eigenvalue weighted by Gasteiger charge is 2.35. The number of nitrogens with one attached hydrogen (secondary N) is 1. The van der Waals surface area contributed by atoms with Gasteiger partial charge in [-0.05, 0) is 30.7 Å². The van der Waals surface area contributed by atoms with Crippen molar-refractivity contribution in [2.45, 2.75) is 24.2 Å². The second kappa shape index (κ2) is 8.02. The Morgan fingerprint density at radius 1 is 1.17 bits per heavy atom. The van der Waals surface area contributed by atoms with Gasteiger partial charge in [-0.1, -0.05) is 36.0 Å². The molecule has 1 aliphatic heterocycles. The summed E-state index contributed by atoms with van der Waals surface area (Å²) in [6.07, 6.45) is -4.67. The highest BCUT2D eigenvalue weighted by molar-refractivity contribution is 8.00. The quantitative estimate of drug-likeness (QED) is 0.475. The number of amides is 1. The van der Waals surface area contributed by atoms with Crippen LogP contribution in [0.2, 0.25) is 0 Å². The SMILES string of the molecule is CC(NC(=O)CSc1nc(C(F)(F)F)nc2ccccc12)c1ccc2c(c1)OCO2. The Hall–Kier alpha value is -3.01. The molecule has 0 saturated carbocycles. The second-order valence-corrected chi connectivity index (χ2v) is 7.52. The Balaban J connectivity index is 1.46. The minimum absolute atomic E-state index is 0.0901. The lowest BCUT2D eigenvalue weighted by Crippen LogP contribution is -2.28. The number of alkyl halides is 3. The molecule has 0 aliphatic carbocycles. The second-order valence-electron chi connectivity index (χ2n) is 6.56. The molecule has 1 N–H and O–H groups in total. The van der Waals surface area contributed by atoms with Crippen LogP contribution >= 0.6 is 11.8 Å².